The van der Waals surface area contributed by atoms with Crippen LogP contribution < -0.4 is 14.4 Å². The molecule has 150 valence electrons. The molecule has 1 aliphatic carbocycles. The number of hydrogen-bond donors (Lipinski definition) is 1. The Morgan fingerprint density at radius 3 is 2.39 bits per heavy atom. The minimum atomic E-state index is -3.79. The lowest BCUT2D eigenvalue weighted by molar-refractivity contribution is 0.0938. The highest BCUT2D eigenvalue weighted by atomic mass is 35.5. The first kappa shape index (κ1) is 20.5. The zero-order chi connectivity index (χ0) is 20.3. The predicted octanol–water partition coefficient (Wildman–Crippen LogP) is 3.85. The van der Waals surface area contributed by atoms with Gasteiger partial charge in [0.2, 0.25) is 0 Å². The number of ether oxygens (including phenoxy) is 1. The normalized spacial score (nSPS) is 14.7. The molecule has 0 saturated heterocycles. The summed E-state index contributed by atoms with van der Waals surface area (Å²) in [7, 11) is -0.830. The van der Waals surface area contributed by atoms with Crippen molar-refractivity contribution in [3.63, 3.8) is 0 Å². The molecule has 1 saturated carbocycles. The van der Waals surface area contributed by atoms with E-state index in [1.165, 1.54) is 32.4 Å². The number of rotatable bonds is 6. The second kappa shape index (κ2) is 8.41. The number of halogens is 1. The third-order valence-corrected chi connectivity index (χ3v) is 7.10. The summed E-state index contributed by atoms with van der Waals surface area (Å²) in [5.41, 5.74) is 0.625. The number of nitrogens with one attached hydrogen (secondary N) is 1. The van der Waals surface area contributed by atoms with Crippen LogP contribution in [0, 0.1) is 0 Å². The quantitative estimate of drug-likeness (QED) is 0.767. The average molecular weight is 423 g/mol. The fourth-order valence-corrected chi connectivity index (χ4v) is 4.65. The second-order valence-electron chi connectivity index (χ2n) is 6.77. The number of methoxy groups -OCH3 is 1. The second-order valence-corrected chi connectivity index (χ2v) is 9.14. The van der Waals surface area contributed by atoms with Crippen LogP contribution in [-0.4, -0.2) is 34.5 Å². The van der Waals surface area contributed by atoms with Gasteiger partial charge in [0.15, 0.2) is 0 Å². The zero-order valence-corrected chi connectivity index (χ0v) is 17.4. The van der Waals surface area contributed by atoms with Crippen molar-refractivity contribution in [3.05, 3.63) is 53.1 Å². The average Bonchev–Trinajstić information content (AvgIpc) is 3.20. The maximum Gasteiger partial charge on any atom is 0.264 e. The van der Waals surface area contributed by atoms with Crippen molar-refractivity contribution < 1.29 is 17.9 Å². The largest absolute Gasteiger partial charge is 0.497 e. The van der Waals surface area contributed by atoms with Crippen LogP contribution in [0.3, 0.4) is 0 Å². The molecule has 8 heteroatoms. The highest BCUT2D eigenvalue weighted by Gasteiger charge is 2.24. The lowest BCUT2D eigenvalue weighted by atomic mass is 10.1. The van der Waals surface area contributed by atoms with Crippen LogP contribution in [-0.2, 0) is 10.0 Å². The Hall–Kier alpha value is -2.25. The lowest BCUT2D eigenvalue weighted by Gasteiger charge is -2.21. The molecule has 0 unspecified atom stereocenters. The van der Waals surface area contributed by atoms with E-state index in [1.807, 2.05) is 0 Å². The van der Waals surface area contributed by atoms with Gasteiger partial charge in [0.25, 0.3) is 15.9 Å². The summed E-state index contributed by atoms with van der Waals surface area (Å²) in [4.78, 5) is 12.7. The molecular formula is C20H23ClN2O4S. The van der Waals surface area contributed by atoms with Crippen molar-refractivity contribution in [1.82, 2.24) is 5.32 Å². The van der Waals surface area contributed by atoms with E-state index in [9.17, 15) is 13.2 Å². The van der Waals surface area contributed by atoms with Crippen LogP contribution in [0.25, 0.3) is 0 Å². The summed E-state index contributed by atoms with van der Waals surface area (Å²) in [6.45, 7) is 0. The highest BCUT2D eigenvalue weighted by molar-refractivity contribution is 7.92. The zero-order valence-electron chi connectivity index (χ0n) is 15.8. The van der Waals surface area contributed by atoms with E-state index in [-0.39, 0.29) is 27.4 Å². The first-order valence-corrected chi connectivity index (χ1v) is 10.9. The third kappa shape index (κ3) is 4.25. The van der Waals surface area contributed by atoms with E-state index in [0.717, 1.165) is 30.0 Å². The van der Waals surface area contributed by atoms with Gasteiger partial charge in [0.05, 0.1) is 28.3 Å². The predicted molar refractivity (Wildman–Crippen MR) is 110 cm³/mol. The topological polar surface area (TPSA) is 75.7 Å². The summed E-state index contributed by atoms with van der Waals surface area (Å²) in [6.07, 6.45) is 4.10. The van der Waals surface area contributed by atoms with Gasteiger partial charge in [0.1, 0.15) is 5.75 Å². The Balaban J connectivity index is 1.86. The van der Waals surface area contributed by atoms with Gasteiger partial charge in [-0.25, -0.2) is 8.42 Å². The molecule has 2 aromatic rings. The number of amides is 1. The fraction of sp³-hybridized carbons (Fsp3) is 0.350. The fourth-order valence-electron chi connectivity index (χ4n) is 3.26. The molecule has 0 spiro atoms. The van der Waals surface area contributed by atoms with Crippen molar-refractivity contribution in [2.24, 2.45) is 0 Å². The van der Waals surface area contributed by atoms with Crippen molar-refractivity contribution in [2.45, 2.75) is 36.6 Å². The van der Waals surface area contributed by atoms with Gasteiger partial charge in [-0.3, -0.25) is 9.10 Å². The summed E-state index contributed by atoms with van der Waals surface area (Å²) in [6, 6.07) is 10.9. The Morgan fingerprint density at radius 1 is 1.14 bits per heavy atom. The summed E-state index contributed by atoms with van der Waals surface area (Å²) in [5, 5.41) is 3.27. The van der Waals surface area contributed by atoms with E-state index in [1.54, 1.807) is 24.3 Å². The van der Waals surface area contributed by atoms with Crippen molar-refractivity contribution >= 4 is 33.2 Å². The van der Waals surface area contributed by atoms with Crippen molar-refractivity contribution in [2.75, 3.05) is 18.5 Å². The van der Waals surface area contributed by atoms with Gasteiger partial charge < -0.3 is 10.1 Å². The molecule has 0 radical (unpaired) electrons. The van der Waals surface area contributed by atoms with E-state index in [2.05, 4.69) is 5.32 Å². The van der Waals surface area contributed by atoms with Crippen LogP contribution in [0.2, 0.25) is 5.02 Å². The molecule has 0 aliphatic heterocycles. The molecule has 6 nitrogen and oxygen atoms in total. The Morgan fingerprint density at radius 2 is 1.79 bits per heavy atom. The minimum absolute atomic E-state index is 0.128. The number of benzene rings is 2. The van der Waals surface area contributed by atoms with Crippen LogP contribution in [0.15, 0.2) is 47.4 Å². The molecule has 2 aromatic carbocycles. The Kier molecular flexibility index (Phi) is 6.15. The number of anilines is 1. The van der Waals surface area contributed by atoms with Crippen LogP contribution in [0.4, 0.5) is 5.69 Å². The Labute approximate surface area is 170 Å². The van der Waals surface area contributed by atoms with Gasteiger partial charge in [-0.05, 0) is 55.3 Å². The van der Waals surface area contributed by atoms with E-state index in [4.69, 9.17) is 16.3 Å². The summed E-state index contributed by atoms with van der Waals surface area (Å²) >= 11 is 6.20. The van der Waals surface area contributed by atoms with Gasteiger partial charge in [-0.15, -0.1) is 0 Å². The molecule has 0 aromatic heterocycles. The van der Waals surface area contributed by atoms with E-state index < -0.39 is 10.0 Å². The van der Waals surface area contributed by atoms with E-state index in [0.29, 0.717) is 11.4 Å². The lowest BCUT2D eigenvalue weighted by Crippen LogP contribution is -2.33. The number of carbonyl (C=O) groups is 1. The molecule has 0 heterocycles. The molecule has 28 heavy (non-hydrogen) atoms. The van der Waals surface area contributed by atoms with Crippen molar-refractivity contribution in [3.8, 4) is 5.75 Å². The number of carbonyl (C=O) groups excluding carboxylic acids is 1. The third-order valence-electron chi connectivity index (χ3n) is 4.97. The minimum Gasteiger partial charge on any atom is -0.497 e. The van der Waals surface area contributed by atoms with Gasteiger partial charge in [-0.1, -0.05) is 24.4 Å². The van der Waals surface area contributed by atoms with E-state index >= 15 is 0 Å². The first-order valence-electron chi connectivity index (χ1n) is 9.06. The maximum atomic E-state index is 12.9. The molecule has 1 amide bonds. The van der Waals surface area contributed by atoms with Crippen LogP contribution in [0.1, 0.15) is 36.0 Å². The highest BCUT2D eigenvalue weighted by Crippen LogP contribution is 2.28. The van der Waals surface area contributed by atoms with Crippen LogP contribution in [0.5, 0.6) is 5.75 Å². The molecule has 1 N–H and O–H groups in total. The van der Waals surface area contributed by atoms with Gasteiger partial charge >= 0.3 is 0 Å². The SMILES string of the molecule is COc1ccc(S(=O)(=O)N(C)c2ccc(Cl)c(C(=O)NC3CCCC3)c2)cc1. The molecule has 3 rings (SSSR count). The molecule has 0 atom stereocenters. The van der Waals surface area contributed by atoms with Crippen molar-refractivity contribution in [1.29, 1.82) is 0 Å². The summed E-state index contributed by atoms with van der Waals surface area (Å²) in [5.74, 6) is 0.285. The molecule has 0 bridgehead atoms. The maximum absolute atomic E-state index is 12.9. The molecule has 1 fully saturated rings. The smallest absolute Gasteiger partial charge is 0.264 e. The number of nitrogens with zero attached hydrogens (tertiary/aromatic N) is 1. The summed E-state index contributed by atoms with van der Waals surface area (Å²) < 4.78 is 32.1. The Bertz CT molecular complexity index is 955. The monoisotopic (exact) mass is 422 g/mol. The number of sulfonamides is 1. The van der Waals surface area contributed by atoms with Gasteiger partial charge in [0, 0.05) is 13.1 Å². The first-order chi connectivity index (χ1) is 13.3. The standard InChI is InChI=1S/C20H23ClN2O4S/c1-23(28(25,26)17-10-8-16(27-2)9-11-17)15-7-12-19(21)18(13-15)20(24)22-14-5-3-4-6-14/h7-14H,3-6H2,1-2H3,(H,22,24). The number of hydrogen-bond acceptors (Lipinski definition) is 4. The molecule has 1 aliphatic rings. The van der Waals surface area contributed by atoms with Crippen LogP contribution >= 0.6 is 11.6 Å². The molecular weight excluding hydrogens is 400 g/mol. The van der Waals surface area contributed by atoms with Gasteiger partial charge in [-0.2, -0.15) is 0 Å².